The van der Waals surface area contributed by atoms with Crippen LogP contribution in [0.15, 0.2) is 24.3 Å². The van der Waals surface area contributed by atoms with Crippen molar-refractivity contribution in [3.05, 3.63) is 29.8 Å². The van der Waals surface area contributed by atoms with Crippen LogP contribution in [0, 0.1) is 0 Å². The average Bonchev–Trinajstić information content (AvgIpc) is 2.89. The summed E-state index contributed by atoms with van der Waals surface area (Å²) in [5.41, 5.74) is -0.993. The molecule has 1 amide bonds. The molecule has 1 saturated heterocycles. The number of alkyl halides is 3. The van der Waals surface area contributed by atoms with Crippen LogP contribution in [0.3, 0.4) is 0 Å². The molecule has 0 bridgehead atoms. The van der Waals surface area contributed by atoms with E-state index < -0.39 is 23.4 Å². The summed E-state index contributed by atoms with van der Waals surface area (Å²) in [4.78, 5) is 13.9. The SMILES string of the molecule is CC(C)(C)N(C(=O)OC1CCNC1)c1ccc(C(F)(F)F)cc1. The van der Waals surface area contributed by atoms with Crippen molar-refractivity contribution in [1.29, 1.82) is 0 Å². The van der Waals surface area contributed by atoms with Gasteiger partial charge in [-0.3, -0.25) is 4.90 Å². The zero-order chi connectivity index (χ0) is 17.3. The number of carbonyl (C=O) groups is 1. The smallest absolute Gasteiger partial charge is 0.416 e. The van der Waals surface area contributed by atoms with E-state index in [0.717, 1.165) is 25.1 Å². The van der Waals surface area contributed by atoms with Crippen LogP contribution in [0.4, 0.5) is 23.7 Å². The number of hydrogen-bond acceptors (Lipinski definition) is 3. The number of carbonyl (C=O) groups excluding carboxylic acids is 1. The molecule has 1 unspecified atom stereocenters. The van der Waals surface area contributed by atoms with E-state index in [1.165, 1.54) is 17.0 Å². The van der Waals surface area contributed by atoms with Gasteiger partial charge in [0.2, 0.25) is 0 Å². The molecule has 1 fully saturated rings. The summed E-state index contributed by atoms with van der Waals surface area (Å²) in [7, 11) is 0. The second kappa shape index (κ2) is 6.39. The minimum Gasteiger partial charge on any atom is -0.444 e. The van der Waals surface area contributed by atoms with Crippen molar-refractivity contribution < 1.29 is 22.7 Å². The summed E-state index contributed by atoms with van der Waals surface area (Å²) < 4.78 is 43.5. The van der Waals surface area contributed by atoms with Crippen LogP contribution in [0.25, 0.3) is 0 Å². The Morgan fingerprint density at radius 3 is 2.26 bits per heavy atom. The molecule has 1 N–H and O–H groups in total. The number of rotatable bonds is 2. The Morgan fingerprint density at radius 2 is 1.83 bits per heavy atom. The van der Waals surface area contributed by atoms with Gasteiger partial charge in [-0.2, -0.15) is 13.2 Å². The fourth-order valence-electron chi connectivity index (χ4n) is 2.49. The van der Waals surface area contributed by atoms with Gasteiger partial charge in [-0.1, -0.05) is 0 Å². The Bertz CT molecular complexity index is 544. The minimum absolute atomic E-state index is 0.207. The maximum atomic E-state index is 12.7. The quantitative estimate of drug-likeness (QED) is 0.896. The number of hydrogen-bond donors (Lipinski definition) is 1. The summed E-state index contributed by atoms with van der Waals surface area (Å²) in [6.07, 6.45) is -4.43. The van der Waals surface area contributed by atoms with Gasteiger partial charge in [0, 0.05) is 17.8 Å². The first kappa shape index (κ1) is 17.6. The lowest BCUT2D eigenvalue weighted by Crippen LogP contribution is -2.47. The average molecular weight is 330 g/mol. The molecule has 1 aromatic rings. The zero-order valence-corrected chi connectivity index (χ0v) is 13.4. The number of nitrogens with zero attached hydrogens (tertiary/aromatic N) is 1. The molecule has 7 heteroatoms. The molecule has 0 aromatic heterocycles. The molecule has 1 atom stereocenters. The van der Waals surface area contributed by atoms with Crippen molar-refractivity contribution in [3.8, 4) is 0 Å². The van der Waals surface area contributed by atoms with Crippen molar-refractivity contribution in [3.63, 3.8) is 0 Å². The molecule has 1 aromatic carbocycles. The highest BCUT2D eigenvalue weighted by atomic mass is 19.4. The van der Waals surface area contributed by atoms with E-state index in [2.05, 4.69) is 5.32 Å². The van der Waals surface area contributed by atoms with E-state index in [-0.39, 0.29) is 6.10 Å². The van der Waals surface area contributed by atoms with Crippen LogP contribution in [0.2, 0.25) is 0 Å². The van der Waals surface area contributed by atoms with Gasteiger partial charge in [-0.05, 0) is 58.0 Å². The third kappa shape index (κ3) is 4.37. The summed E-state index contributed by atoms with van der Waals surface area (Å²) >= 11 is 0. The van der Waals surface area contributed by atoms with E-state index in [1.54, 1.807) is 20.8 Å². The van der Waals surface area contributed by atoms with Crippen LogP contribution in [0.5, 0.6) is 0 Å². The van der Waals surface area contributed by atoms with Gasteiger partial charge in [0.15, 0.2) is 0 Å². The zero-order valence-electron chi connectivity index (χ0n) is 13.4. The standard InChI is InChI=1S/C16H21F3N2O2/c1-15(2,3)21(14(22)23-13-8-9-20-10-13)12-6-4-11(5-7-12)16(17,18)19/h4-7,13,20H,8-10H2,1-3H3. The fraction of sp³-hybridized carbons (Fsp3) is 0.562. The van der Waals surface area contributed by atoms with Gasteiger partial charge < -0.3 is 10.1 Å². The first-order valence-corrected chi connectivity index (χ1v) is 7.48. The summed E-state index contributed by atoms with van der Waals surface area (Å²) in [5.74, 6) is 0. The molecule has 0 aliphatic carbocycles. The Labute approximate surface area is 133 Å². The lowest BCUT2D eigenvalue weighted by Gasteiger charge is -2.35. The van der Waals surface area contributed by atoms with Crippen molar-refractivity contribution in [1.82, 2.24) is 5.32 Å². The largest absolute Gasteiger partial charge is 0.444 e. The number of benzene rings is 1. The third-order valence-corrected chi connectivity index (χ3v) is 3.59. The maximum absolute atomic E-state index is 12.7. The molecule has 23 heavy (non-hydrogen) atoms. The normalized spacial score (nSPS) is 18.8. The molecule has 0 spiro atoms. The van der Waals surface area contributed by atoms with Gasteiger partial charge >= 0.3 is 12.3 Å². The van der Waals surface area contributed by atoms with Gasteiger partial charge in [0.25, 0.3) is 0 Å². The number of nitrogens with one attached hydrogen (secondary N) is 1. The fourth-order valence-corrected chi connectivity index (χ4v) is 2.49. The third-order valence-electron chi connectivity index (χ3n) is 3.59. The predicted octanol–water partition coefficient (Wildman–Crippen LogP) is 3.81. The predicted molar refractivity (Wildman–Crippen MR) is 81.4 cm³/mol. The minimum atomic E-state index is -4.40. The van der Waals surface area contributed by atoms with E-state index in [4.69, 9.17) is 4.74 Å². The van der Waals surface area contributed by atoms with Crippen molar-refractivity contribution >= 4 is 11.8 Å². The van der Waals surface area contributed by atoms with Gasteiger partial charge in [0.05, 0.1) is 5.56 Å². The van der Waals surface area contributed by atoms with Gasteiger partial charge in [0.1, 0.15) is 6.10 Å². The number of amides is 1. The summed E-state index contributed by atoms with van der Waals surface area (Å²) in [6.45, 7) is 6.79. The Morgan fingerprint density at radius 1 is 1.22 bits per heavy atom. The Balaban J connectivity index is 2.22. The molecule has 4 nitrogen and oxygen atoms in total. The van der Waals surface area contributed by atoms with Crippen LogP contribution < -0.4 is 10.2 Å². The van der Waals surface area contributed by atoms with Crippen molar-refractivity contribution in [2.45, 2.75) is 45.0 Å². The summed E-state index contributed by atoms with van der Waals surface area (Å²) in [6, 6.07) is 4.53. The van der Waals surface area contributed by atoms with E-state index in [9.17, 15) is 18.0 Å². The molecule has 2 rings (SSSR count). The van der Waals surface area contributed by atoms with Crippen LogP contribution in [-0.4, -0.2) is 30.8 Å². The van der Waals surface area contributed by atoms with Crippen LogP contribution in [-0.2, 0) is 10.9 Å². The molecule has 128 valence electrons. The first-order valence-electron chi connectivity index (χ1n) is 7.48. The number of anilines is 1. The van der Waals surface area contributed by atoms with Gasteiger partial charge in [-0.25, -0.2) is 4.79 Å². The molecule has 1 aliphatic heterocycles. The maximum Gasteiger partial charge on any atom is 0.416 e. The van der Waals surface area contributed by atoms with Crippen LogP contribution in [0.1, 0.15) is 32.8 Å². The van der Waals surface area contributed by atoms with E-state index in [1.807, 2.05) is 0 Å². The van der Waals surface area contributed by atoms with Crippen molar-refractivity contribution in [2.24, 2.45) is 0 Å². The lowest BCUT2D eigenvalue weighted by atomic mass is 10.0. The Hall–Kier alpha value is -1.76. The number of halogens is 3. The molecule has 1 heterocycles. The summed E-state index contributed by atoms with van der Waals surface area (Å²) in [5, 5.41) is 3.10. The topological polar surface area (TPSA) is 41.6 Å². The highest BCUT2D eigenvalue weighted by Gasteiger charge is 2.34. The van der Waals surface area contributed by atoms with Gasteiger partial charge in [-0.15, -0.1) is 0 Å². The first-order chi connectivity index (χ1) is 10.6. The van der Waals surface area contributed by atoms with Crippen molar-refractivity contribution in [2.75, 3.05) is 18.0 Å². The van der Waals surface area contributed by atoms with E-state index >= 15 is 0 Å². The molecular formula is C16H21F3N2O2. The molecule has 0 saturated carbocycles. The highest BCUT2D eigenvalue weighted by molar-refractivity contribution is 5.89. The Kier molecular flexibility index (Phi) is 4.89. The monoisotopic (exact) mass is 330 g/mol. The molecular weight excluding hydrogens is 309 g/mol. The molecule has 0 radical (unpaired) electrons. The van der Waals surface area contributed by atoms with E-state index in [0.29, 0.717) is 12.2 Å². The van der Waals surface area contributed by atoms with Crippen LogP contribution >= 0.6 is 0 Å². The highest BCUT2D eigenvalue weighted by Crippen LogP contribution is 2.32. The number of ether oxygens (including phenoxy) is 1. The lowest BCUT2D eigenvalue weighted by molar-refractivity contribution is -0.137. The molecule has 1 aliphatic rings. The second-order valence-electron chi connectivity index (χ2n) is 6.55. The second-order valence-corrected chi connectivity index (χ2v) is 6.55.